The molecule has 0 aromatic heterocycles. The number of hydrogen-bond acceptors (Lipinski definition) is 3. The Morgan fingerprint density at radius 2 is 1.67 bits per heavy atom. The van der Waals surface area contributed by atoms with Crippen LogP contribution in [0.4, 0.5) is 18.0 Å². The minimum Gasteiger partial charge on any atom is -0.367 e. The summed E-state index contributed by atoms with van der Waals surface area (Å²) in [6, 6.07) is 6.36. The first-order valence-corrected chi connectivity index (χ1v) is 8.85. The molecule has 150 valence electrons. The lowest BCUT2D eigenvalue weighted by molar-refractivity contribution is -0.176. The lowest BCUT2D eigenvalue weighted by Gasteiger charge is -2.15. The fraction of sp³-hybridized carbons (Fsp3) is 0.556. The van der Waals surface area contributed by atoms with Crippen molar-refractivity contribution in [2.45, 2.75) is 38.6 Å². The van der Waals surface area contributed by atoms with E-state index in [2.05, 4.69) is 15.4 Å². The van der Waals surface area contributed by atoms with Crippen LogP contribution >= 0.6 is 0 Å². The summed E-state index contributed by atoms with van der Waals surface area (Å²) in [5, 5.41) is 5.31. The summed E-state index contributed by atoms with van der Waals surface area (Å²) in [5.41, 5.74) is 1.42. The molecule has 6 nitrogen and oxygen atoms in total. The second kappa shape index (κ2) is 10.1. The first kappa shape index (κ1) is 21.0. The fourth-order valence-corrected chi connectivity index (χ4v) is 2.69. The predicted octanol–water partition coefficient (Wildman–Crippen LogP) is 2.58. The third kappa shape index (κ3) is 8.29. The molecule has 1 fully saturated rings. The number of rotatable bonds is 8. The molecule has 2 rings (SSSR count). The molecule has 3 amide bonds. The molecule has 1 heterocycles. The quantitative estimate of drug-likeness (QED) is 0.720. The van der Waals surface area contributed by atoms with Crippen molar-refractivity contribution in [3.8, 4) is 0 Å². The highest BCUT2D eigenvalue weighted by atomic mass is 19.4. The van der Waals surface area contributed by atoms with Gasteiger partial charge >= 0.3 is 12.2 Å². The van der Waals surface area contributed by atoms with E-state index in [1.165, 1.54) is 0 Å². The number of carbonyl (C=O) groups is 2. The van der Waals surface area contributed by atoms with Gasteiger partial charge in [0.05, 0.1) is 6.61 Å². The molecule has 0 atom stereocenters. The Kier molecular flexibility index (Phi) is 7.90. The van der Waals surface area contributed by atoms with Crippen LogP contribution < -0.4 is 10.6 Å². The second-order valence-electron chi connectivity index (χ2n) is 6.37. The van der Waals surface area contributed by atoms with Gasteiger partial charge in [0.25, 0.3) is 0 Å². The highest BCUT2D eigenvalue weighted by Gasteiger charge is 2.27. The molecule has 9 heteroatoms. The van der Waals surface area contributed by atoms with Gasteiger partial charge in [-0.3, -0.25) is 4.79 Å². The second-order valence-corrected chi connectivity index (χ2v) is 6.37. The molecule has 1 aromatic rings. The standard InChI is InChI=1S/C18H24F3N3O3/c19-18(20,21)13-27-12-15-5-3-14(4-6-15)11-23-17(26)22-8-7-16(25)24-9-1-2-10-24/h3-6H,1-2,7-13H2,(H2,22,23,26). The van der Waals surface area contributed by atoms with Gasteiger partial charge in [0, 0.05) is 32.6 Å². The molecule has 0 spiro atoms. The van der Waals surface area contributed by atoms with Crippen LogP contribution in [0.2, 0.25) is 0 Å². The van der Waals surface area contributed by atoms with Crippen molar-refractivity contribution in [2.75, 3.05) is 26.2 Å². The van der Waals surface area contributed by atoms with Gasteiger partial charge in [-0.05, 0) is 24.0 Å². The van der Waals surface area contributed by atoms with Crippen LogP contribution in [0.5, 0.6) is 0 Å². The van der Waals surface area contributed by atoms with E-state index in [0.717, 1.165) is 31.5 Å². The monoisotopic (exact) mass is 387 g/mol. The maximum absolute atomic E-state index is 12.0. The van der Waals surface area contributed by atoms with Gasteiger partial charge in [0.2, 0.25) is 5.91 Å². The summed E-state index contributed by atoms with van der Waals surface area (Å²) in [6.45, 7) is 0.728. The average molecular weight is 387 g/mol. The van der Waals surface area contributed by atoms with Crippen LogP contribution in [0, 0.1) is 0 Å². The topological polar surface area (TPSA) is 70.7 Å². The fourth-order valence-electron chi connectivity index (χ4n) is 2.69. The Labute approximate surface area is 156 Å². The Morgan fingerprint density at radius 1 is 1.04 bits per heavy atom. The molecule has 0 radical (unpaired) electrons. The minimum absolute atomic E-state index is 0.0520. The van der Waals surface area contributed by atoms with E-state index in [0.29, 0.717) is 5.56 Å². The van der Waals surface area contributed by atoms with Gasteiger partial charge in [-0.25, -0.2) is 4.79 Å². The first-order valence-electron chi connectivity index (χ1n) is 8.85. The van der Waals surface area contributed by atoms with Gasteiger partial charge in [-0.1, -0.05) is 24.3 Å². The van der Waals surface area contributed by atoms with E-state index in [9.17, 15) is 22.8 Å². The molecule has 0 bridgehead atoms. The Morgan fingerprint density at radius 3 is 2.30 bits per heavy atom. The lowest BCUT2D eigenvalue weighted by atomic mass is 10.1. The largest absolute Gasteiger partial charge is 0.411 e. The van der Waals surface area contributed by atoms with E-state index < -0.39 is 12.8 Å². The van der Waals surface area contributed by atoms with Crippen LogP contribution in [0.3, 0.4) is 0 Å². The number of halogens is 3. The molecule has 27 heavy (non-hydrogen) atoms. The maximum atomic E-state index is 12.0. The molecule has 0 aliphatic carbocycles. The SMILES string of the molecule is O=C(NCCC(=O)N1CCCC1)NCc1ccc(COCC(F)(F)F)cc1. The highest BCUT2D eigenvalue weighted by Crippen LogP contribution is 2.15. The maximum Gasteiger partial charge on any atom is 0.411 e. The molecular weight excluding hydrogens is 363 g/mol. The van der Waals surface area contributed by atoms with Crippen molar-refractivity contribution in [3.05, 3.63) is 35.4 Å². The van der Waals surface area contributed by atoms with Crippen molar-refractivity contribution in [2.24, 2.45) is 0 Å². The van der Waals surface area contributed by atoms with Crippen LogP contribution in [-0.2, 0) is 22.7 Å². The normalized spacial score (nSPS) is 14.3. The number of benzene rings is 1. The third-order valence-corrected chi connectivity index (χ3v) is 4.09. The summed E-state index contributed by atoms with van der Waals surface area (Å²) in [4.78, 5) is 25.4. The van der Waals surface area contributed by atoms with Gasteiger partial charge in [-0.2, -0.15) is 13.2 Å². The number of urea groups is 1. The Bertz CT molecular complexity index is 615. The molecule has 0 unspecified atom stereocenters. The molecular formula is C18H24F3N3O3. The van der Waals surface area contributed by atoms with Crippen molar-refractivity contribution in [1.82, 2.24) is 15.5 Å². The molecule has 1 aromatic carbocycles. The highest BCUT2D eigenvalue weighted by molar-refractivity contribution is 5.78. The Hall–Kier alpha value is -2.29. The first-order chi connectivity index (χ1) is 12.8. The van der Waals surface area contributed by atoms with E-state index in [4.69, 9.17) is 0 Å². The lowest BCUT2D eigenvalue weighted by Crippen LogP contribution is -2.38. The smallest absolute Gasteiger partial charge is 0.367 e. The zero-order valence-electron chi connectivity index (χ0n) is 15.0. The number of alkyl halides is 3. The van der Waals surface area contributed by atoms with Crippen LogP contribution in [0.25, 0.3) is 0 Å². The number of hydrogen-bond donors (Lipinski definition) is 2. The van der Waals surface area contributed by atoms with Gasteiger partial charge in [0.15, 0.2) is 0 Å². The van der Waals surface area contributed by atoms with Crippen LogP contribution in [0.1, 0.15) is 30.4 Å². The summed E-state index contributed by atoms with van der Waals surface area (Å²) < 4.78 is 40.6. The van der Waals surface area contributed by atoms with Crippen molar-refractivity contribution in [1.29, 1.82) is 0 Å². The molecule has 0 saturated carbocycles. The summed E-state index contributed by atoms with van der Waals surface area (Å²) in [6.07, 6.45) is -1.99. The summed E-state index contributed by atoms with van der Waals surface area (Å²) in [7, 11) is 0. The van der Waals surface area contributed by atoms with E-state index in [1.54, 1.807) is 29.2 Å². The van der Waals surface area contributed by atoms with Gasteiger partial charge < -0.3 is 20.3 Å². The molecule has 2 N–H and O–H groups in total. The van der Waals surface area contributed by atoms with E-state index >= 15 is 0 Å². The van der Waals surface area contributed by atoms with Crippen LogP contribution in [0.15, 0.2) is 24.3 Å². The van der Waals surface area contributed by atoms with Crippen molar-refractivity contribution < 1.29 is 27.5 Å². The predicted molar refractivity (Wildman–Crippen MR) is 92.8 cm³/mol. The number of likely N-dealkylation sites (tertiary alicyclic amines) is 1. The number of amides is 3. The number of ether oxygens (including phenoxy) is 1. The summed E-state index contributed by atoms with van der Waals surface area (Å²) >= 11 is 0. The van der Waals surface area contributed by atoms with Crippen molar-refractivity contribution in [3.63, 3.8) is 0 Å². The number of carbonyl (C=O) groups excluding carboxylic acids is 2. The zero-order chi connectivity index (χ0) is 19.7. The summed E-state index contributed by atoms with van der Waals surface area (Å²) in [5.74, 6) is 0.0520. The van der Waals surface area contributed by atoms with E-state index in [1.807, 2.05) is 0 Å². The molecule has 1 aliphatic heterocycles. The zero-order valence-corrected chi connectivity index (χ0v) is 15.0. The number of nitrogens with zero attached hydrogens (tertiary/aromatic N) is 1. The number of nitrogens with one attached hydrogen (secondary N) is 2. The van der Waals surface area contributed by atoms with Crippen LogP contribution in [-0.4, -0.2) is 49.3 Å². The van der Waals surface area contributed by atoms with Gasteiger partial charge in [-0.15, -0.1) is 0 Å². The molecule has 1 saturated heterocycles. The van der Waals surface area contributed by atoms with E-state index in [-0.39, 0.29) is 38.1 Å². The Balaban J connectivity index is 1.61. The molecule has 1 aliphatic rings. The van der Waals surface area contributed by atoms with Crippen molar-refractivity contribution >= 4 is 11.9 Å². The average Bonchev–Trinajstić information content (AvgIpc) is 3.14. The third-order valence-electron chi connectivity index (χ3n) is 4.09. The van der Waals surface area contributed by atoms with Gasteiger partial charge in [0.1, 0.15) is 6.61 Å². The minimum atomic E-state index is -4.34.